The second kappa shape index (κ2) is 5.18. The Bertz CT molecular complexity index is 756. The van der Waals surface area contributed by atoms with Gasteiger partial charge in [-0.1, -0.05) is 36.4 Å². The number of Topliss-reactive ketones (excluding diaryl/α,β-unsaturated/α-hetero) is 1. The summed E-state index contributed by atoms with van der Waals surface area (Å²) < 4.78 is 10.7. The Morgan fingerprint density at radius 2 is 1.91 bits per heavy atom. The summed E-state index contributed by atoms with van der Waals surface area (Å²) >= 11 is 0. The Hall–Kier alpha value is -2.82. The number of rotatable bonds is 3. The largest absolute Gasteiger partial charge is 0.454 e. The molecule has 5 nitrogen and oxygen atoms in total. The van der Waals surface area contributed by atoms with Gasteiger partial charge in [0.2, 0.25) is 12.6 Å². The van der Waals surface area contributed by atoms with E-state index in [1.807, 2.05) is 36.4 Å². The number of nitrogens with zero attached hydrogens (tertiary/aromatic N) is 1. The first kappa shape index (κ1) is 12.9. The zero-order valence-electron chi connectivity index (χ0n) is 11.8. The first-order chi connectivity index (χ1) is 10.8. The molecule has 4 rings (SSSR count). The van der Waals surface area contributed by atoms with E-state index in [9.17, 15) is 4.79 Å². The lowest BCUT2D eigenvalue weighted by Gasteiger charge is -2.12. The number of nitrogens with one attached hydrogen (secondary N) is 1. The number of carbonyl (C=O) groups is 1. The van der Waals surface area contributed by atoms with Crippen LogP contribution in [0.4, 0.5) is 0 Å². The highest BCUT2D eigenvalue weighted by Gasteiger charge is 2.30. The molecule has 0 aliphatic carbocycles. The van der Waals surface area contributed by atoms with Crippen molar-refractivity contribution >= 4 is 11.5 Å². The van der Waals surface area contributed by atoms with E-state index in [1.165, 1.54) is 0 Å². The first-order valence-electron chi connectivity index (χ1n) is 7.12. The molecule has 2 aliphatic rings. The molecule has 0 bridgehead atoms. The van der Waals surface area contributed by atoms with Crippen molar-refractivity contribution in [2.75, 3.05) is 13.3 Å². The molecule has 2 aromatic rings. The maximum atomic E-state index is 12.6. The summed E-state index contributed by atoms with van der Waals surface area (Å²) in [5.74, 6) is 1.33. The minimum absolute atomic E-state index is 0.0479. The number of hydrogen-bond donors (Lipinski definition) is 1. The minimum atomic E-state index is -0.0813. The van der Waals surface area contributed by atoms with Gasteiger partial charge in [-0.15, -0.1) is 0 Å². The zero-order valence-corrected chi connectivity index (χ0v) is 11.8. The van der Waals surface area contributed by atoms with E-state index in [1.54, 1.807) is 12.1 Å². The van der Waals surface area contributed by atoms with Gasteiger partial charge in [-0.05, 0) is 17.7 Å². The van der Waals surface area contributed by atoms with Crippen LogP contribution in [-0.2, 0) is 0 Å². The molecule has 2 heterocycles. The zero-order chi connectivity index (χ0) is 14.9. The lowest BCUT2D eigenvalue weighted by Crippen LogP contribution is -2.21. The van der Waals surface area contributed by atoms with Gasteiger partial charge in [-0.25, -0.2) is 0 Å². The van der Waals surface area contributed by atoms with Crippen molar-refractivity contribution in [3.05, 3.63) is 59.7 Å². The molecular weight excluding hydrogens is 280 g/mol. The summed E-state index contributed by atoms with van der Waals surface area (Å²) in [4.78, 5) is 12.6. The molecule has 2 aliphatic heterocycles. The number of ketones is 1. The Morgan fingerprint density at radius 3 is 2.77 bits per heavy atom. The van der Waals surface area contributed by atoms with Gasteiger partial charge in [0.25, 0.3) is 0 Å². The van der Waals surface area contributed by atoms with Crippen LogP contribution in [0.2, 0.25) is 0 Å². The number of hydrazone groups is 1. The van der Waals surface area contributed by atoms with E-state index in [0.717, 1.165) is 17.1 Å². The fourth-order valence-electron chi connectivity index (χ4n) is 2.75. The second-order valence-electron chi connectivity index (χ2n) is 5.22. The van der Waals surface area contributed by atoms with Crippen molar-refractivity contribution in [1.82, 2.24) is 5.43 Å². The van der Waals surface area contributed by atoms with E-state index in [4.69, 9.17) is 9.47 Å². The van der Waals surface area contributed by atoms with Gasteiger partial charge in [-0.3, -0.25) is 4.79 Å². The first-order valence-corrected chi connectivity index (χ1v) is 7.12. The number of benzene rings is 2. The highest BCUT2D eigenvalue weighted by Crippen LogP contribution is 2.35. The maximum Gasteiger partial charge on any atom is 0.231 e. The Balaban J connectivity index is 1.65. The Morgan fingerprint density at radius 1 is 1.09 bits per heavy atom. The van der Waals surface area contributed by atoms with E-state index in [0.29, 0.717) is 17.8 Å². The van der Waals surface area contributed by atoms with Crippen molar-refractivity contribution in [3.63, 3.8) is 0 Å². The normalized spacial score (nSPS) is 18.7. The molecule has 5 heteroatoms. The monoisotopic (exact) mass is 294 g/mol. The van der Waals surface area contributed by atoms with Crippen LogP contribution in [0.1, 0.15) is 21.8 Å². The summed E-state index contributed by atoms with van der Waals surface area (Å²) in [6.45, 7) is 0.846. The van der Waals surface area contributed by atoms with Crippen molar-refractivity contribution in [2.45, 2.75) is 5.92 Å². The predicted octanol–water partition coefficient (Wildman–Crippen LogP) is 2.34. The van der Waals surface area contributed by atoms with Gasteiger partial charge in [-0.2, -0.15) is 5.10 Å². The number of carbonyl (C=O) groups excluding carboxylic acids is 1. The van der Waals surface area contributed by atoms with Gasteiger partial charge in [0, 0.05) is 12.1 Å². The third-order valence-electron chi connectivity index (χ3n) is 3.89. The summed E-state index contributed by atoms with van der Waals surface area (Å²) in [6, 6.07) is 15.0. The molecule has 1 atom stereocenters. The van der Waals surface area contributed by atoms with E-state index in [2.05, 4.69) is 10.5 Å². The Kier molecular flexibility index (Phi) is 3.04. The summed E-state index contributed by atoms with van der Waals surface area (Å²) in [6.07, 6.45) is 0. The molecule has 2 aromatic carbocycles. The summed E-state index contributed by atoms with van der Waals surface area (Å²) in [7, 11) is 0. The molecule has 0 radical (unpaired) electrons. The minimum Gasteiger partial charge on any atom is -0.454 e. The quantitative estimate of drug-likeness (QED) is 0.883. The standard InChI is InChI=1S/C17H14N2O3/c20-17(11-4-2-1-3-5-11)16-13(9-18-19-16)12-6-7-14-15(8-12)22-10-21-14/h1-8,13,18H,9-10H2. The fraction of sp³-hybridized carbons (Fsp3) is 0.176. The lowest BCUT2D eigenvalue weighted by molar-refractivity contribution is 0.106. The van der Waals surface area contributed by atoms with Crippen molar-refractivity contribution in [3.8, 4) is 11.5 Å². The van der Waals surface area contributed by atoms with Gasteiger partial charge in [0.15, 0.2) is 11.5 Å². The van der Waals surface area contributed by atoms with Crippen molar-refractivity contribution in [1.29, 1.82) is 0 Å². The highest BCUT2D eigenvalue weighted by molar-refractivity contribution is 6.48. The van der Waals surface area contributed by atoms with Gasteiger partial charge < -0.3 is 14.9 Å². The van der Waals surface area contributed by atoms with Crippen LogP contribution in [0.15, 0.2) is 53.6 Å². The second-order valence-corrected chi connectivity index (χ2v) is 5.22. The van der Waals surface area contributed by atoms with Crippen LogP contribution in [0.5, 0.6) is 11.5 Å². The predicted molar refractivity (Wildman–Crippen MR) is 81.5 cm³/mol. The molecule has 1 N–H and O–H groups in total. The molecule has 0 amide bonds. The average molecular weight is 294 g/mol. The third-order valence-corrected chi connectivity index (χ3v) is 3.89. The van der Waals surface area contributed by atoms with Gasteiger partial charge >= 0.3 is 0 Å². The molecular formula is C17H14N2O3. The fourth-order valence-corrected chi connectivity index (χ4v) is 2.75. The van der Waals surface area contributed by atoms with Crippen molar-refractivity contribution in [2.24, 2.45) is 5.10 Å². The lowest BCUT2D eigenvalue weighted by atomic mass is 9.90. The Labute approximate surface area is 127 Å². The van der Waals surface area contributed by atoms with Crippen LogP contribution >= 0.6 is 0 Å². The molecule has 1 unspecified atom stereocenters. The highest BCUT2D eigenvalue weighted by atomic mass is 16.7. The van der Waals surface area contributed by atoms with Crippen LogP contribution in [0.3, 0.4) is 0 Å². The van der Waals surface area contributed by atoms with Crippen LogP contribution in [-0.4, -0.2) is 24.8 Å². The third kappa shape index (κ3) is 2.11. The number of ether oxygens (including phenoxy) is 2. The van der Waals surface area contributed by atoms with E-state index < -0.39 is 0 Å². The van der Waals surface area contributed by atoms with E-state index >= 15 is 0 Å². The topological polar surface area (TPSA) is 59.9 Å². The van der Waals surface area contributed by atoms with Gasteiger partial charge in [0.1, 0.15) is 5.71 Å². The molecule has 0 aromatic heterocycles. The molecule has 110 valence electrons. The smallest absolute Gasteiger partial charge is 0.231 e. The molecule has 0 spiro atoms. The number of hydrogen-bond acceptors (Lipinski definition) is 5. The molecule has 0 fully saturated rings. The maximum absolute atomic E-state index is 12.6. The molecule has 0 saturated heterocycles. The van der Waals surface area contributed by atoms with Gasteiger partial charge in [0.05, 0.1) is 5.92 Å². The van der Waals surface area contributed by atoms with E-state index in [-0.39, 0.29) is 18.5 Å². The summed E-state index contributed by atoms with van der Waals surface area (Å²) in [5.41, 5.74) is 5.11. The van der Waals surface area contributed by atoms with Crippen LogP contribution in [0, 0.1) is 0 Å². The van der Waals surface area contributed by atoms with Crippen LogP contribution in [0.25, 0.3) is 0 Å². The van der Waals surface area contributed by atoms with Crippen LogP contribution < -0.4 is 14.9 Å². The molecule has 22 heavy (non-hydrogen) atoms. The van der Waals surface area contributed by atoms with Crippen molar-refractivity contribution < 1.29 is 14.3 Å². The number of fused-ring (bicyclic) bond motifs is 1. The SMILES string of the molecule is O=C(C1=NNCC1c1ccc2c(c1)OCO2)c1ccccc1. The average Bonchev–Trinajstić information content (AvgIpc) is 3.23. The molecule has 0 saturated carbocycles. The summed E-state index contributed by atoms with van der Waals surface area (Å²) in [5, 5.41) is 4.21.